The van der Waals surface area contributed by atoms with Crippen molar-refractivity contribution in [1.29, 1.82) is 0 Å². The summed E-state index contributed by atoms with van der Waals surface area (Å²) >= 11 is 12.8. The Morgan fingerprint density at radius 2 is 1.77 bits per heavy atom. The zero-order valence-electron chi connectivity index (χ0n) is 17.1. The first kappa shape index (κ1) is 22.2. The Balaban J connectivity index is 1.80. The highest BCUT2D eigenvalue weighted by molar-refractivity contribution is 6.39. The van der Waals surface area contributed by atoms with Crippen LogP contribution in [0.15, 0.2) is 47.0 Å². The first-order valence-electron chi connectivity index (χ1n) is 9.62. The van der Waals surface area contributed by atoms with Crippen molar-refractivity contribution in [3.63, 3.8) is 0 Å². The minimum Gasteiger partial charge on any atom is -0.489 e. The van der Waals surface area contributed by atoms with Crippen molar-refractivity contribution < 1.29 is 18.8 Å². The van der Waals surface area contributed by atoms with Crippen LogP contribution in [0.1, 0.15) is 43.1 Å². The Hall–Kier alpha value is -2.50. The molecule has 0 atom stereocenters. The molecule has 30 heavy (non-hydrogen) atoms. The summed E-state index contributed by atoms with van der Waals surface area (Å²) in [5.74, 6) is 1.32. The lowest BCUT2D eigenvalue weighted by Crippen LogP contribution is -2.02. The van der Waals surface area contributed by atoms with Crippen molar-refractivity contribution in [3.05, 3.63) is 69.4 Å². The number of hydrogen-bond acceptors (Lipinski definition) is 5. The number of methoxy groups -OCH3 is 1. The van der Waals surface area contributed by atoms with Gasteiger partial charge in [-0.05, 0) is 36.2 Å². The third kappa shape index (κ3) is 5.15. The number of carbonyl (C=O) groups excluding carboxylic acids is 1. The molecule has 0 unspecified atom stereocenters. The molecule has 2 aromatic carbocycles. The van der Waals surface area contributed by atoms with Crippen LogP contribution in [-0.2, 0) is 22.6 Å². The average Bonchev–Trinajstić information content (AvgIpc) is 3.15. The molecule has 7 heteroatoms. The maximum Gasteiger partial charge on any atom is 0.305 e. The number of ether oxygens (including phenoxy) is 2. The molecule has 5 nitrogen and oxygen atoms in total. The van der Waals surface area contributed by atoms with Gasteiger partial charge in [0.1, 0.15) is 23.8 Å². The number of hydrogen-bond donors (Lipinski definition) is 0. The molecule has 3 rings (SSSR count). The monoisotopic (exact) mass is 447 g/mol. The highest BCUT2D eigenvalue weighted by Gasteiger charge is 2.23. The number of benzene rings is 2. The number of aryl methyl sites for hydroxylation is 1. The van der Waals surface area contributed by atoms with Gasteiger partial charge in [-0.2, -0.15) is 0 Å². The molecule has 0 aliphatic rings. The molecule has 0 N–H and O–H groups in total. The lowest BCUT2D eigenvalue weighted by atomic mass is 10.0. The van der Waals surface area contributed by atoms with Gasteiger partial charge in [0.2, 0.25) is 0 Å². The van der Waals surface area contributed by atoms with E-state index in [1.807, 2.05) is 38.1 Å². The summed E-state index contributed by atoms with van der Waals surface area (Å²) in [4.78, 5) is 11.3. The van der Waals surface area contributed by atoms with Gasteiger partial charge in [-0.25, -0.2) is 0 Å². The summed E-state index contributed by atoms with van der Waals surface area (Å²) in [6.45, 7) is 4.31. The molecule has 158 valence electrons. The summed E-state index contributed by atoms with van der Waals surface area (Å²) in [7, 11) is 1.39. The Labute approximate surface area is 185 Å². The molecule has 0 radical (unpaired) electrons. The van der Waals surface area contributed by atoms with Gasteiger partial charge < -0.3 is 14.0 Å². The van der Waals surface area contributed by atoms with E-state index in [2.05, 4.69) is 9.89 Å². The highest BCUT2D eigenvalue weighted by atomic mass is 35.5. The van der Waals surface area contributed by atoms with Crippen molar-refractivity contribution in [1.82, 2.24) is 5.16 Å². The summed E-state index contributed by atoms with van der Waals surface area (Å²) in [5.41, 5.74) is 3.07. The molecule has 0 aliphatic heterocycles. The van der Waals surface area contributed by atoms with Gasteiger partial charge >= 0.3 is 5.97 Å². The SMILES string of the molecule is COC(=O)CCc1ccc(OCc2c(-c3c(Cl)cccc3Cl)noc2C(C)C)cc1. The van der Waals surface area contributed by atoms with Crippen LogP contribution >= 0.6 is 23.2 Å². The number of rotatable bonds is 8. The van der Waals surface area contributed by atoms with Crippen LogP contribution in [0.5, 0.6) is 5.75 Å². The van der Waals surface area contributed by atoms with Crippen LogP contribution < -0.4 is 4.74 Å². The topological polar surface area (TPSA) is 61.6 Å². The zero-order valence-corrected chi connectivity index (χ0v) is 18.6. The predicted octanol–water partition coefficient (Wildman–Crippen LogP) is 6.46. The lowest BCUT2D eigenvalue weighted by molar-refractivity contribution is -0.140. The summed E-state index contributed by atoms with van der Waals surface area (Å²) in [5, 5.41) is 5.24. The first-order chi connectivity index (χ1) is 14.4. The van der Waals surface area contributed by atoms with Crippen molar-refractivity contribution in [2.45, 2.75) is 39.2 Å². The van der Waals surface area contributed by atoms with Gasteiger partial charge in [-0.1, -0.05) is 60.4 Å². The van der Waals surface area contributed by atoms with Crippen molar-refractivity contribution in [2.75, 3.05) is 7.11 Å². The normalized spacial score (nSPS) is 11.0. The smallest absolute Gasteiger partial charge is 0.305 e. The summed E-state index contributed by atoms with van der Waals surface area (Å²) in [6.07, 6.45) is 0.961. The molecule has 1 heterocycles. The molecule has 1 aromatic heterocycles. The van der Waals surface area contributed by atoms with Gasteiger partial charge in [-0.3, -0.25) is 4.79 Å². The largest absolute Gasteiger partial charge is 0.489 e. The van der Waals surface area contributed by atoms with E-state index in [9.17, 15) is 4.79 Å². The Bertz CT molecular complexity index is 992. The second kappa shape index (κ2) is 10.0. The number of esters is 1. The fraction of sp³-hybridized carbons (Fsp3) is 0.304. The van der Waals surface area contributed by atoms with Gasteiger partial charge in [-0.15, -0.1) is 0 Å². The van der Waals surface area contributed by atoms with Crippen LogP contribution in [0.4, 0.5) is 0 Å². The Morgan fingerprint density at radius 1 is 1.10 bits per heavy atom. The van der Waals surface area contributed by atoms with Crippen LogP contribution in [0.2, 0.25) is 10.0 Å². The number of nitrogens with zero attached hydrogens (tertiary/aromatic N) is 1. The maximum absolute atomic E-state index is 11.3. The number of halogens is 2. The molecule has 0 fully saturated rings. The average molecular weight is 448 g/mol. The lowest BCUT2D eigenvalue weighted by Gasteiger charge is -2.11. The zero-order chi connectivity index (χ0) is 21.7. The van der Waals surface area contributed by atoms with E-state index >= 15 is 0 Å². The van der Waals surface area contributed by atoms with E-state index in [0.29, 0.717) is 39.9 Å². The van der Waals surface area contributed by atoms with Crippen LogP contribution in [0.3, 0.4) is 0 Å². The van der Waals surface area contributed by atoms with Gasteiger partial charge in [0.25, 0.3) is 0 Å². The molecule has 0 bridgehead atoms. The highest BCUT2D eigenvalue weighted by Crippen LogP contribution is 2.38. The predicted molar refractivity (Wildman–Crippen MR) is 117 cm³/mol. The molecule has 0 saturated carbocycles. The minimum atomic E-state index is -0.227. The van der Waals surface area contributed by atoms with E-state index in [-0.39, 0.29) is 18.5 Å². The van der Waals surface area contributed by atoms with E-state index in [0.717, 1.165) is 16.9 Å². The molecule has 3 aromatic rings. The standard InChI is InChI=1S/C23H23Cl2NO4/c1-14(2)23-17(22(26-30-23)21-18(24)5-4-6-19(21)25)13-29-16-10-7-15(8-11-16)9-12-20(27)28-3/h4-8,10-11,14H,9,12-13H2,1-3H3. The van der Waals surface area contributed by atoms with Gasteiger partial charge in [0.05, 0.1) is 22.7 Å². The molecular weight excluding hydrogens is 425 g/mol. The van der Waals surface area contributed by atoms with Crippen LogP contribution in [0, 0.1) is 0 Å². The second-order valence-corrected chi connectivity index (χ2v) is 7.95. The number of aromatic nitrogens is 1. The van der Waals surface area contributed by atoms with E-state index < -0.39 is 0 Å². The maximum atomic E-state index is 11.3. The van der Waals surface area contributed by atoms with Gasteiger partial charge in [0, 0.05) is 17.9 Å². The van der Waals surface area contributed by atoms with Crippen LogP contribution in [0.25, 0.3) is 11.3 Å². The molecular formula is C23H23Cl2NO4. The summed E-state index contributed by atoms with van der Waals surface area (Å²) in [6, 6.07) is 12.9. The summed E-state index contributed by atoms with van der Waals surface area (Å²) < 4.78 is 16.3. The third-order valence-electron chi connectivity index (χ3n) is 4.69. The van der Waals surface area contributed by atoms with E-state index in [1.165, 1.54) is 7.11 Å². The second-order valence-electron chi connectivity index (χ2n) is 7.13. The van der Waals surface area contributed by atoms with Crippen LogP contribution in [-0.4, -0.2) is 18.2 Å². The molecule has 0 spiro atoms. The molecule has 0 saturated heterocycles. The van der Waals surface area contributed by atoms with Crippen molar-refractivity contribution in [3.8, 4) is 17.0 Å². The molecule has 0 aliphatic carbocycles. The number of carbonyl (C=O) groups is 1. The quantitative estimate of drug-likeness (QED) is 0.370. The van der Waals surface area contributed by atoms with E-state index in [4.69, 9.17) is 32.5 Å². The third-order valence-corrected chi connectivity index (χ3v) is 5.32. The minimum absolute atomic E-state index is 0.117. The Kier molecular flexibility index (Phi) is 7.40. The van der Waals surface area contributed by atoms with Gasteiger partial charge in [0.15, 0.2) is 0 Å². The molecule has 0 amide bonds. The Morgan fingerprint density at radius 3 is 2.37 bits per heavy atom. The fourth-order valence-corrected chi connectivity index (χ4v) is 3.67. The fourth-order valence-electron chi connectivity index (χ4n) is 3.09. The van der Waals surface area contributed by atoms with Crippen molar-refractivity contribution in [2.24, 2.45) is 0 Å². The first-order valence-corrected chi connectivity index (χ1v) is 10.4. The van der Waals surface area contributed by atoms with E-state index in [1.54, 1.807) is 18.2 Å². The van der Waals surface area contributed by atoms with Crippen molar-refractivity contribution >= 4 is 29.2 Å².